The lowest BCUT2D eigenvalue weighted by molar-refractivity contribution is 0.313. The maximum atomic E-state index is 6.00. The molecule has 24 heavy (non-hydrogen) atoms. The molecule has 3 heteroatoms. The van der Waals surface area contributed by atoms with Crippen molar-refractivity contribution in [3.05, 3.63) is 89.7 Å². The molecule has 1 heterocycles. The summed E-state index contributed by atoms with van der Waals surface area (Å²) in [6, 6.07) is 20.5. The summed E-state index contributed by atoms with van der Waals surface area (Å²) in [7, 11) is 2.13. The highest BCUT2D eigenvalue weighted by Gasteiger charge is 2.09. The minimum atomic E-state index is 0.756. The third-order valence-corrected chi connectivity index (χ3v) is 3.98. The van der Waals surface area contributed by atoms with Crippen LogP contribution in [0.15, 0.2) is 73.1 Å². The summed E-state index contributed by atoms with van der Waals surface area (Å²) in [5.41, 5.74) is 3.84. The Bertz CT molecular complexity index is 787. The molecule has 0 fully saturated rings. The SMILES string of the molecule is Cc1ccccc1CN(C)Cc1ccccc1Oc1cccnc1. The van der Waals surface area contributed by atoms with Gasteiger partial charge in [-0.15, -0.1) is 0 Å². The van der Waals surface area contributed by atoms with E-state index in [1.54, 1.807) is 12.4 Å². The molecule has 0 amide bonds. The van der Waals surface area contributed by atoms with Crippen LogP contribution in [0.5, 0.6) is 11.5 Å². The Morgan fingerprint density at radius 1 is 0.875 bits per heavy atom. The van der Waals surface area contributed by atoms with Crippen molar-refractivity contribution < 1.29 is 4.74 Å². The Kier molecular flexibility index (Phi) is 5.24. The molecule has 0 atom stereocenters. The van der Waals surface area contributed by atoms with Crippen LogP contribution in [-0.2, 0) is 13.1 Å². The van der Waals surface area contributed by atoms with E-state index < -0.39 is 0 Å². The van der Waals surface area contributed by atoms with E-state index >= 15 is 0 Å². The minimum Gasteiger partial charge on any atom is -0.455 e. The molecule has 2 aromatic carbocycles. The lowest BCUT2D eigenvalue weighted by atomic mass is 10.1. The van der Waals surface area contributed by atoms with E-state index in [0.717, 1.165) is 30.2 Å². The van der Waals surface area contributed by atoms with Crippen LogP contribution in [0.3, 0.4) is 0 Å². The van der Waals surface area contributed by atoms with Gasteiger partial charge in [0.05, 0.1) is 6.20 Å². The lowest BCUT2D eigenvalue weighted by Crippen LogP contribution is -2.18. The zero-order valence-electron chi connectivity index (χ0n) is 14.1. The van der Waals surface area contributed by atoms with Crippen LogP contribution in [0.1, 0.15) is 16.7 Å². The number of para-hydroxylation sites is 1. The first-order chi connectivity index (χ1) is 11.7. The van der Waals surface area contributed by atoms with Gasteiger partial charge in [-0.2, -0.15) is 0 Å². The van der Waals surface area contributed by atoms with Gasteiger partial charge in [-0.25, -0.2) is 0 Å². The fraction of sp³-hybridized carbons (Fsp3) is 0.190. The molecule has 0 saturated carbocycles. The fourth-order valence-corrected chi connectivity index (χ4v) is 2.69. The molecule has 0 spiro atoms. The number of aryl methyl sites for hydroxylation is 1. The summed E-state index contributed by atoms with van der Waals surface area (Å²) in [5, 5.41) is 0. The van der Waals surface area contributed by atoms with Gasteiger partial charge in [-0.05, 0) is 43.3 Å². The minimum absolute atomic E-state index is 0.756. The summed E-state index contributed by atoms with van der Waals surface area (Å²) in [6.07, 6.45) is 3.47. The molecule has 3 aromatic rings. The number of ether oxygens (including phenoxy) is 1. The molecule has 0 bridgehead atoms. The van der Waals surface area contributed by atoms with E-state index in [4.69, 9.17) is 4.74 Å². The predicted molar refractivity (Wildman–Crippen MR) is 97.1 cm³/mol. The fourth-order valence-electron chi connectivity index (χ4n) is 2.69. The van der Waals surface area contributed by atoms with Gasteiger partial charge < -0.3 is 4.74 Å². The monoisotopic (exact) mass is 318 g/mol. The van der Waals surface area contributed by atoms with Crippen molar-refractivity contribution in [2.45, 2.75) is 20.0 Å². The van der Waals surface area contributed by atoms with E-state index in [1.807, 2.05) is 30.3 Å². The van der Waals surface area contributed by atoms with Gasteiger partial charge >= 0.3 is 0 Å². The van der Waals surface area contributed by atoms with Gasteiger partial charge in [-0.1, -0.05) is 42.5 Å². The van der Waals surface area contributed by atoms with Crippen molar-refractivity contribution in [3.8, 4) is 11.5 Å². The average Bonchev–Trinajstić information content (AvgIpc) is 2.60. The molecule has 0 N–H and O–H groups in total. The largest absolute Gasteiger partial charge is 0.455 e. The Morgan fingerprint density at radius 2 is 1.58 bits per heavy atom. The number of aromatic nitrogens is 1. The van der Waals surface area contributed by atoms with Crippen LogP contribution in [0, 0.1) is 6.92 Å². The highest BCUT2D eigenvalue weighted by molar-refractivity contribution is 5.37. The van der Waals surface area contributed by atoms with Crippen LogP contribution in [0.4, 0.5) is 0 Å². The van der Waals surface area contributed by atoms with Crippen molar-refractivity contribution >= 4 is 0 Å². The van der Waals surface area contributed by atoms with Gasteiger partial charge in [0, 0.05) is 24.8 Å². The molecule has 1 aromatic heterocycles. The van der Waals surface area contributed by atoms with Crippen LogP contribution in [0.25, 0.3) is 0 Å². The standard InChI is InChI=1S/C21H22N2O/c1-17-8-3-4-9-18(17)15-23(2)16-19-10-5-6-12-21(19)24-20-11-7-13-22-14-20/h3-14H,15-16H2,1-2H3. The summed E-state index contributed by atoms with van der Waals surface area (Å²) in [6.45, 7) is 3.89. The first-order valence-corrected chi connectivity index (χ1v) is 8.11. The first kappa shape index (κ1) is 16.2. The van der Waals surface area contributed by atoms with Crippen molar-refractivity contribution in [2.24, 2.45) is 0 Å². The topological polar surface area (TPSA) is 25.4 Å². The maximum Gasteiger partial charge on any atom is 0.145 e. The molecule has 122 valence electrons. The zero-order valence-corrected chi connectivity index (χ0v) is 14.1. The Labute approximate surface area is 143 Å². The number of rotatable bonds is 6. The Hall–Kier alpha value is -2.65. The Balaban J connectivity index is 1.72. The molecule has 0 aliphatic rings. The zero-order chi connectivity index (χ0) is 16.8. The third kappa shape index (κ3) is 4.21. The number of hydrogen-bond donors (Lipinski definition) is 0. The Morgan fingerprint density at radius 3 is 2.33 bits per heavy atom. The number of pyridine rings is 1. The molecule has 0 radical (unpaired) electrons. The molecule has 0 unspecified atom stereocenters. The maximum absolute atomic E-state index is 6.00. The second-order valence-electron chi connectivity index (χ2n) is 6.00. The summed E-state index contributed by atoms with van der Waals surface area (Å²) in [5.74, 6) is 1.63. The van der Waals surface area contributed by atoms with E-state index in [0.29, 0.717) is 0 Å². The number of hydrogen-bond acceptors (Lipinski definition) is 3. The van der Waals surface area contributed by atoms with Crippen LogP contribution in [0.2, 0.25) is 0 Å². The quantitative estimate of drug-likeness (QED) is 0.652. The van der Waals surface area contributed by atoms with E-state index in [1.165, 1.54) is 11.1 Å². The van der Waals surface area contributed by atoms with Crippen molar-refractivity contribution in [3.63, 3.8) is 0 Å². The average molecular weight is 318 g/mol. The predicted octanol–water partition coefficient (Wildman–Crippen LogP) is 4.81. The second-order valence-corrected chi connectivity index (χ2v) is 6.00. The molecule has 3 rings (SSSR count). The lowest BCUT2D eigenvalue weighted by Gasteiger charge is -2.20. The third-order valence-electron chi connectivity index (χ3n) is 3.98. The van der Waals surface area contributed by atoms with Crippen molar-refractivity contribution in [1.29, 1.82) is 0 Å². The highest BCUT2D eigenvalue weighted by Crippen LogP contribution is 2.26. The molecular formula is C21H22N2O. The second kappa shape index (κ2) is 7.75. The van der Waals surface area contributed by atoms with Crippen molar-refractivity contribution in [2.75, 3.05) is 7.05 Å². The van der Waals surface area contributed by atoms with E-state index in [9.17, 15) is 0 Å². The van der Waals surface area contributed by atoms with E-state index in [2.05, 4.69) is 54.2 Å². The molecule has 0 aliphatic carbocycles. The van der Waals surface area contributed by atoms with Gasteiger partial charge in [0.2, 0.25) is 0 Å². The molecular weight excluding hydrogens is 296 g/mol. The van der Waals surface area contributed by atoms with Crippen molar-refractivity contribution in [1.82, 2.24) is 9.88 Å². The molecule has 0 aliphatic heterocycles. The summed E-state index contributed by atoms with van der Waals surface area (Å²) >= 11 is 0. The smallest absolute Gasteiger partial charge is 0.145 e. The van der Waals surface area contributed by atoms with Crippen LogP contribution >= 0.6 is 0 Å². The summed E-state index contributed by atoms with van der Waals surface area (Å²) < 4.78 is 6.00. The van der Waals surface area contributed by atoms with Gasteiger partial charge in [0.25, 0.3) is 0 Å². The highest BCUT2D eigenvalue weighted by atomic mass is 16.5. The van der Waals surface area contributed by atoms with Crippen LogP contribution < -0.4 is 4.74 Å². The summed E-state index contributed by atoms with van der Waals surface area (Å²) in [4.78, 5) is 6.40. The number of benzene rings is 2. The van der Waals surface area contributed by atoms with E-state index in [-0.39, 0.29) is 0 Å². The normalized spacial score (nSPS) is 10.8. The molecule has 3 nitrogen and oxygen atoms in total. The van der Waals surface area contributed by atoms with Crippen LogP contribution in [-0.4, -0.2) is 16.9 Å². The van der Waals surface area contributed by atoms with Gasteiger partial charge in [0.1, 0.15) is 11.5 Å². The first-order valence-electron chi connectivity index (χ1n) is 8.11. The van der Waals surface area contributed by atoms with Gasteiger partial charge in [0.15, 0.2) is 0 Å². The number of nitrogens with zero attached hydrogens (tertiary/aromatic N) is 2. The van der Waals surface area contributed by atoms with Gasteiger partial charge in [-0.3, -0.25) is 9.88 Å². The molecule has 0 saturated heterocycles.